The van der Waals surface area contributed by atoms with Crippen LogP contribution in [0, 0.1) is 0 Å². The van der Waals surface area contributed by atoms with Crippen molar-refractivity contribution in [1.82, 2.24) is 14.9 Å². The zero-order chi connectivity index (χ0) is 13.2. The number of piperazine rings is 1. The first-order valence-corrected chi connectivity index (χ1v) is 7.16. The normalized spacial score (nSPS) is 24.6. The van der Waals surface area contributed by atoms with E-state index in [0.29, 0.717) is 6.61 Å². The fourth-order valence-electron chi connectivity index (χ4n) is 2.52. The smallest absolute Gasteiger partial charge is 0.323 e. The second-order valence-electron chi connectivity index (χ2n) is 4.70. The van der Waals surface area contributed by atoms with E-state index in [9.17, 15) is 4.79 Å². The zero-order valence-electron chi connectivity index (χ0n) is 10.5. The van der Waals surface area contributed by atoms with Crippen LogP contribution in [0.2, 0.25) is 0 Å². The number of anilines is 1. The Balaban J connectivity index is 1.60. The maximum Gasteiger partial charge on any atom is 0.323 e. The quantitative estimate of drug-likeness (QED) is 0.745. The third-order valence-electron chi connectivity index (χ3n) is 3.55. The minimum Gasteiger partial charge on any atom is -0.464 e. The van der Waals surface area contributed by atoms with Gasteiger partial charge in [0, 0.05) is 45.0 Å². The minimum atomic E-state index is -0.0756. The van der Waals surface area contributed by atoms with Crippen molar-refractivity contribution in [2.75, 3.05) is 37.7 Å². The van der Waals surface area contributed by atoms with Crippen LogP contribution >= 0.6 is 15.9 Å². The number of nitrogens with zero attached hydrogens (tertiary/aromatic N) is 4. The second kappa shape index (κ2) is 5.42. The van der Waals surface area contributed by atoms with Gasteiger partial charge in [0.25, 0.3) is 0 Å². The lowest BCUT2D eigenvalue weighted by Crippen LogP contribution is -2.52. The van der Waals surface area contributed by atoms with Crippen LogP contribution in [0.15, 0.2) is 16.9 Å². The SMILES string of the molecule is O=C1OCC[C@@H]1N1CCN(c2ncc(Br)cn2)CC1. The van der Waals surface area contributed by atoms with E-state index in [2.05, 4.69) is 35.7 Å². The van der Waals surface area contributed by atoms with Crippen LogP contribution in [0.5, 0.6) is 0 Å². The molecule has 3 rings (SSSR count). The number of rotatable bonds is 2. The number of carbonyl (C=O) groups is 1. The number of cyclic esters (lactones) is 1. The van der Waals surface area contributed by atoms with Crippen molar-refractivity contribution in [1.29, 1.82) is 0 Å². The van der Waals surface area contributed by atoms with Crippen molar-refractivity contribution in [2.45, 2.75) is 12.5 Å². The van der Waals surface area contributed by atoms with Crippen molar-refractivity contribution >= 4 is 27.8 Å². The van der Waals surface area contributed by atoms with E-state index in [1.54, 1.807) is 12.4 Å². The summed E-state index contributed by atoms with van der Waals surface area (Å²) in [5.74, 6) is 0.671. The number of aromatic nitrogens is 2. The predicted molar refractivity (Wildman–Crippen MR) is 72.9 cm³/mol. The minimum absolute atomic E-state index is 0.0482. The van der Waals surface area contributed by atoms with Crippen LogP contribution in [0.4, 0.5) is 5.95 Å². The number of halogens is 1. The lowest BCUT2D eigenvalue weighted by molar-refractivity contribution is -0.142. The Kier molecular flexibility index (Phi) is 3.65. The molecule has 0 aliphatic carbocycles. The molecule has 2 saturated heterocycles. The van der Waals surface area contributed by atoms with Gasteiger partial charge >= 0.3 is 5.97 Å². The number of hydrogen-bond donors (Lipinski definition) is 0. The van der Waals surface area contributed by atoms with Crippen LogP contribution < -0.4 is 4.90 Å². The number of esters is 1. The maximum atomic E-state index is 11.6. The summed E-state index contributed by atoms with van der Waals surface area (Å²) >= 11 is 3.33. The lowest BCUT2D eigenvalue weighted by atomic mass is 10.2. The van der Waals surface area contributed by atoms with E-state index in [0.717, 1.165) is 43.0 Å². The molecule has 2 aliphatic rings. The molecule has 0 amide bonds. The molecule has 7 heteroatoms. The fourth-order valence-corrected chi connectivity index (χ4v) is 2.72. The first-order chi connectivity index (χ1) is 9.24. The van der Waals surface area contributed by atoms with E-state index in [4.69, 9.17) is 4.74 Å². The molecular formula is C12H15BrN4O2. The second-order valence-corrected chi connectivity index (χ2v) is 5.61. The molecule has 2 aliphatic heterocycles. The Morgan fingerprint density at radius 1 is 1.21 bits per heavy atom. The summed E-state index contributed by atoms with van der Waals surface area (Å²) in [7, 11) is 0. The van der Waals surface area contributed by atoms with Gasteiger partial charge in [0.1, 0.15) is 6.04 Å². The van der Waals surface area contributed by atoms with Gasteiger partial charge in [-0.2, -0.15) is 0 Å². The highest BCUT2D eigenvalue weighted by atomic mass is 79.9. The average Bonchev–Trinajstić information content (AvgIpc) is 2.86. The van der Waals surface area contributed by atoms with E-state index in [1.165, 1.54) is 0 Å². The van der Waals surface area contributed by atoms with Gasteiger partial charge in [0.2, 0.25) is 5.95 Å². The van der Waals surface area contributed by atoms with Gasteiger partial charge in [-0.15, -0.1) is 0 Å². The Morgan fingerprint density at radius 3 is 2.47 bits per heavy atom. The molecule has 3 heterocycles. The topological polar surface area (TPSA) is 58.6 Å². The standard InChI is InChI=1S/C12H15BrN4O2/c13-9-7-14-12(15-8-9)17-4-2-16(3-5-17)10-1-6-19-11(10)18/h7-8,10H,1-6H2/t10-/m0/s1. The molecular weight excluding hydrogens is 312 g/mol. The van der Waals surface area contributed by atoms with Gasteiger partial charge in [-0.05, 0) is 15.9 Å². The van der Waals surface area contributed by atoms with E-state index < -0.39 is 0 Å². The zero-order valence-corrected chi connectivity index (χ0v) is 12.0. The largest absolute Gasteiger partial charge is 0.464 e. The van der Waals surface area contributed by atoms with Crippen LogP contribution in [-0.2, 0) is 9.53 Å². The first kappa shape index (κ1) is 12.8. The summed E-state index contributed by atoms with van der Waals surface area (Å²) in [6, 6.07) is -0.0482. The molecule has 1 aromatic rings. The van der Waals surface area contributed by atoms with Crippen LogP contribution in [0.1, 0.15) is 6.42 Å². The maximum absolute atomic E-state index is 11.6. The molecule has 1 aromatic heterocycles. The van der Waals surface area contributed by atoms with Gasteiger partial charge in [-0.25, -0.2) is 9.97 Å². The van der Waals surface area contributed by atoms with Crippen molar-refractivity contribution < 1.29 is 9.53 Å². The molecule has 0 saturated carbocycles. The lowest BCUT2D eigenvalue weighted by Gasteiger charge is -2.36. The Labute approximate surface area is 119 Å². The van der Waals surface area contributed by atoms with Crippen LogP contribution in [0.25, 0.3) is 0 Å². The molecule has 1 atom stereocenters. The number of carbonyl (C=O) groups excluding carboxylic acids is 1. The summed E-state index contributed by atoms with van der Waals surface area (Å²) in [6.45, 7) is 3.93. The van der Waals surface area contributed by atoms with E-state index >= 15 is 0 Å². The first-order valence-electron chi connectivity index (χ1n) is 6.37. The van der Waals surface area contributed by atoms with Gasteiger partial charge in [-0.1, -0.05) is 0 Å². The number of ether oxygens (including phenoxy) is 1. The molecule has 19 heavy (non-hydrogen) atoms. The van der Waals surface area contributed by atoms with Crippen molar-refractivity contribution in [3.05, 3.63) is 16.9 Å². The van der Waals surface area contributed by atoms with Gasteiger partial charge < -0.3 is 9.64 Å². The average molecular weight is 327 g/mol. The Morgan fingerprint density at radius 2 is 1.89 bits per heavy atom. The molecule has 0 spiro atoms. The van der Waals surface area contributed by atoms with E-state index in [-0.39, 0.29) is 12.0 Å². The molecule has 0 aromatic carbocycles. The summed E-state index contributed by atoms with van der Waals surface area (Å²) in [5, 5.41) is 0. The van der Waals surface area contributed by atoms with Crippen molar-refractivity contribution in [2.24, 2.45) is 0 Å². The molecule has 6 nitrogen and oxygen atoms in total. The summed E-state index contributed by atoms with van der Waals surface area (Å²) in [6.07, 6.45) is 4.32. The highest BCUT2D eigenvalue weighted by Crippen LogP contribution is 2.18. The Bertz CT molecular complexity index is 459. The third kappa shape index (κ3) is 2.71. The van der Waals surface area contributed by atoms with Gasteiger partial charge in [0.15, 0.2) is 0 Å². The summed E-state index contributed by atoms with van der Waals surface area (Å²) in [4.78, 5) is 24.5. The highest BCUT2D eigenvalue weighted by Gasteiger charge is 2.34. The third-order valence-corrected chi connectivity index (χ3v) is 3.96. The molecule has 0 N–H and O–H groups in total. The number of hydrogen-bond acceptors (Lipinski definition) is 6. The molecule has 102 valence electrons. The van der Waals surface area contributed by atoms with Crippen LogP contribution in [0.3, 0.4) is 0 Å². The van der Waals surface area contributed by atoms with Crippen molar-refractivity contribution in [3.63, 3.8) is 0 Å². The summed E-state index contributed by atoms with van der Waals surface area (Å²) < 4.78 is 5.90. The summed E-state index contributed by atoms with van der Waals surface area (Å²) in [5.41, 5.74) is 0. The molecule has 0 bridgehead atoms. The van der Waals surface area contributed by atoms with Gasteiger partial charge in [-0.3, -0.25) is 9.69 Å². The molecule has 0 radical (unpaired) electrons. The van der Waals surface area contributed by atoms with Gasteiger partial charge in [0.05, 0.1) is 11.1 Å². The predicted octanol–water partition coefficient (Wildman–Crippen LogP) is 0.677. The Hall–Kier alpha value is -1.21. The van der Waals surface area contributed by atoms with E-state index in [1.807, 2.05) is 0 Å². The highest BCUT2D eigenvalue weighted by molar-refractivity contribution is 9.10. The van der Waals surface area contributed by atoms with Crippen LogP contribution in [-0.4, -0.2) is 59.7 Å². The monoisotopic (exact) mass is 326 g/mol. The molecule has 0 unspecified atom stereocenters. The fraction of sp³-hybridized carbons (Fsp3) is 0.583. The molecule has 2 fully saturated rings. The van der Waals surface area contributed by atoms with Crippen molar-refractivity contribution in [3.8, 4) is 0 Å².